The molecule has 3 heteroatoms. The van der Waals surface area contributed by atoms with Crippen LogP contribution in [0, 0.1) is 0 Å². The Balaban J connectivity index is 3.95. The molecule has 1 atom stereocenters. The molecule has 0 aromatic rings. The molecule has 0 rings (SSSR count). The molecule has 0 saturated heterocycles. The first kappa shape index (κ1) is 10.1. The van der Waals surface area contributed by atoms with E-state index in [9.17, 15) is 4.79 Å². The Labute approximate surface area is 66.8 Å². The van der Waals surface area contributed by atoms with Crippen LogP contribution in [0.4, 0.5) is 0 Å². The van der Waals surface area contributed by atoms with E-state index < -0.39 is 0 Å². The van der Waals surface area contributed by atoms with Gasteiger partial charge in [0.15, 0.2) is 0 Å². The van der Waals surface area contributed by atoms with Gasteiger partial charge in [0.1, 0.15) is 0 Å². The Bertz CT molecular complexity index is 177. The molecule has 3 nitrogen and oxygen atoms in total. The predicted molar refractivity (Wildman–Crippen MR) is 43.2 cm³/mol. The summed E-state index contributed by atoms with van der Waals surface area (Å²) < 4.78 is 5.01. The minimum absolute atomic E-state index is 0.0959. The smallest absolute Gasteiger partial charge is 0.235 e. The molecule has 11 heavy (non-hydrogen) atoms. The third kappa shape index (κ3) is 5.52. The number of hydrogen-bond acceptors (Lipinski definition) is 3. The van der Waals surface area contributed by atoms with Gasteiger partial charge in [-0.1, -0.05) is 11.6 Å². The van der Waals surface area contributed by atoms with Crippen LogP contribution in [0.15, 0.2) is 16.6 Å². The summed E-state index contributed by atoms with van der Waals surface area (Å²) in [6, 6.07) is 0. The van der Waals surface area contributed by atoms with E-state index in [2.05, 4.69) is 4.99 Å². The first-order valence-corrected chi connectivity index (χ1v) is 3.42. The highest BCUT2D eigenvalue weighted by Gasteiger charge is 2.00. The van der Waals surface area contributed by atoms with Gasteiger partial charge in [-0.05, 0) is 13.8 Å². The second-order valence-corrected chi connectivity index (χ2v) is 2.45. The molecule has 0 N–H and O–H groups in total. The van der Waals surface area contributed by atoms with Crippen molar-refractivity contribution in [1.82, 2.24) is 0 Å². The van der Waals surface area contributed by atoms with E-state index >= 15 is 0 Å². The van der Waals surface area contributed by atoms with Crippen LogP contribution in [0.1, 0.15) is 13.8 Å². The fourth-order valence-corrected chi connectivity index (χ4v) is 0.694. The number of nitrogens with zero attached hydrogens (tertiary/aromatic N) is 1. The van der Waals surface area contributed by atoms with Crippen LogP contribution >= 0.6 is 0 Å². The van der Waals surface area contributed by atoms with Crippen LogP contribution in [0.25, 0.3) is 0 Å². The topological polar surface area (TPSA) is 38.7 Å². The van der Waals surface area contributed by atoms with Gasteiger partial charge < -0.3 is 4.74 Å². The molecule has 62 valence electrons. The Morgan fingerprint density at radius 3 is 2.73 bits per heavy atom. The van der Waals surface area contributed by atoms with E-state index in [1.807, 2.05) is 19.9 Å². The molecule has 0 saturated carbocycles. The van der Waals surface area contributed by atoms with Gasteiger partial charge in [-0.2, -0.15) is 0 Å². The minimum Gasteiger partial charge on any atom is -0.375 e. The zero-order valence-corrected chi connectivity index (χ0v) is 7.13. The summed E-state index contributed by atoms with van der Waals surface area (Å²) in [6.07, 6.45) is 3.29. The largest absolute Gasteiger partial charge is 0.375 e. The number of carbonyl (C=O) groups excluding carboxylic acids is 1. The summed E-state index contributed by atoms with van der Waals surface area (Å²) in [5, 5.41) is 0. The number of methoxy groups -OCH3 is 1. The monoisotopic (exact) mass is 155 g/mol. The maximum atomic E-state index is 9.74. The second-order valence-electron chi connectivity index (χ2n) is 2.45. The number of allylic oxidation sites excluding steroid dienone is 1. The molecule has 0 amide bonds. The molecule has 0 aliphatic rings. The molecule has 0 heterocycles. The summed E-state index contributed by atoms with van der Waals surface area (Å²) in [4.78, 5) is 13.2. The van der Waals surface area contributed by atoms with Gasteiger partial charge >= 0.3 is 0 Å². The molecule has 0 aliphatic carbocycles. The zero-order chi connectivity index (χ0) is 8.69. The number of rotatable bonds is 4. The van der Waals surface area contributed by atoms with E-state index in [0.29, 0.717) is 6.54 Å². The number of aliphatic imine (C=N–C) groups is 1. The average Bonchev–Trinajstić information content (AvgIpc) is 1.97. The summed E-state index contributed by atoms with van der Waals surface area (Å²) in [6.45, 7) is 4.29. The highest BCUT2D eigenvalue weighted by molar-refractivity contribution is 5.33. The number of hydrogen-bond donors (Lipinski definition) is 0. The molecule has 0 radical (unpaired) electrons. The van der Waals surface area contributed by atoms with Crippen LogP contribution in [0.5, 0.6) is 0 Å². The van der Waals surface area contributed by atoms with E-state index in [1.165, 1.54) is 6.08 Å². The molecule has 0 spiro atoms. The predicted octanol–water partition coefficient (Wildman–Crippen LogP) is 1.30. The SMILES string of the molecule is COC(C=C(C)C)CN=C=O. The number of isocyanates is 1. The first-order chi connectivity index (χ1) is 5.20. The van der Waals surface area contributed by atoms with Crippen molar-refractivity contribution in [2.45, 2.75) is 20.0 Å². The summed E-state index contributed by atoms with van der Waals surface area (Å²) in [5.74, 6) is 0. The van der Waals surface area contributed by atoms with E-state index in [1.54, 1.807) is 7.11 Å². The number of ether oxygens (including phenoxy) is 1. The van der Waals surface area contributed by atoms with Gasteiger partial charge in [-0.3, -0.25) is 0 Å². The molecule has 0 bridgehead atoms. The fourth-order valence-electron chi connectivity index (χ4n) is 0.694. The first-order valence-electron chi connectivity index (χ1n) is 3.42. The average molecular weight is 155 g/mol. The Kier molecular flexibility index (Phi) is 5.35. The maximum Gasteiger partial charge on any atom is 0.235 e. The third-order valence-electron chi connectivity index (χ3n) is 1.16. The lowest BCUT2D eigenvalue weighted by Crippen LogP contribution is -2.11. The van der Waals surface area contributed by atoms with Crippen molar-refractivity contribution < 1.29 is 9.53 Å². The summed E-state index contributed by atoms with van der Waals surface area (Å²) in [5.41, 5.74) is 1.15. The molecular weight excluding hydrogens is 142 g/mol. The lowest BCUT2D eigenvalue weighted by molar-refractivity contribution is 0.147. The van der Waals surface area contributed by atoms with Gasteiger partial charge in [0.25, 0.3) is 0 Å². The summed E-state index contributed by atoms with van der Waals surface area (Å²) >= 11 is 0. The standard InChI is InChI=1S/C8H13NO2/c1-7(2)4-8(11-3)5-9-6-10/h4,8H,5H2,1-3H3. The Morgan fingerprint density at radius 2 is 2.36 bits per heavy atom. The highest BCUT2D eigenvalue weighted by atomic mass is 16.5. The lowest BCUT2D eigenvalue weighted by atomic mass is 10.2. The van der Waals surface area contributed by atoms with Crippen LogP contribution in [-0.4, -0.2) is 25.8 Å². The van der Waals surface area contributed by atoms with Crippen molar-refractivity contribution >= 4 is 6.08 Å². The van der Waals surface area contributed by atoms with Gasteiger partial charge in [-0.15, -0.1) is 0 Å². The van der Waals surface area contributed by atoms with Crippen LogP contribution in [0.3, 0.4) is 0 Å². The highest BCUT2D eigenvalue weighted by Crippen LogP contribution is 1.98. The second kappa shape index (κ2) is 5.83. The van der Waals surface area contributed by atoms with E-state index in [0.717, 1.165) is 5.57 Å². The fraction of sp³-hybridized carbons (Fsp3) is 0.625. The van der Waals surface area contributed by atoms with Gasteiger partial charge in [-0.25, -0.2) is 9.79 Å². The molecule has 0 fully saturated rings. The molecule has 0 aromatic carbocycles. The van der Waals surface area contributed by atoms with Crippen molar-refractivity contribution in [3.05, 3.63) is 11.6 Å². The van der Waals surface area contributed by atoms with Crippen molar-refractivity contribution in [1.29, 1.82) is 0 Å². The Hall–Kier alpha value is -0.920. The quantitative estimate of drug-likeness (QED) is 0.348. The maximum absolute atomic E-state index is 9.74. The molecular formula is C8H13NO2. The third-order valence-corrected chi connectivity index (χ3v) is 1.16. The molecule has 0 aromatic heterocycles. The molecule has 0 aliphatic heterocycles. The lowest BCUT2D eigenvalue weighted by Gasteiger charge is -2.06. The Morgan fingerprint density at radius 1 is 1.73 bits per heavy atom. The normalized spacial score (nSPS) is 11.5. The van der Waals surface area contributed by atoms with Crippen LogP contribution < -0.4 is 0 Å². The van der Waals surface area contributed by atoms with Crippen molar-refractivity contribution in [2.24, 2.45) is 4.99 Å². The van der Waals surface area contributed by atoms with E-state index in [4.69, 9.17) is 4.74 Å². The van der Waals surface area contributed by atoms with Crippen molar-refractivity contribution in [3.8, 4) is 0 Å². The van der Waals surface area contributed by atoms with Crippen LogP contribution in [0.2, 0.25) is 0 Å². The van der Waals surface area contributed by atoms with E-state index in [-0.39, 0.29) is 6.10 Å². The van der Waals surface area contributed by atoms with Gasteiger partial charge in [0, 0.05) is 7.11 Å². The minimum atomic E-state index is -0.0959. The zero-order valence-electron chi connectivity index (χ0n) is 7.13. The summed E-state index contributed by atoms with van der Waals surface area (Å²) in [7, 11) is 1.59. The molecule has 1 unspecified atom stereocenters. The van der Waals surface area contributed by atoms with Gasteiger partial charge in [0.05, 0.1) is 12.6 Å². The van der Waals surface area contributed by atoms with Gasteiger partial charge in [0.2, 0.25) is 6.08 Å². The van der Waals surface area contributed by atoms with Crippen molar-refractivity contribution in [2.75, 3.05) is 13.7 Å². The van der Waals surface area contributed by atoms with Crippen LogP contribution in [-0.2, 0) is 9.53 Å². The van der Waals surface area contributed by atoms with Crippen molar-refractivity contribution in [3.63, 3.8) is 0 Å².